The van der Waals surface area contributed by atoms with Crippen molar-refractivity contribution in [3.63, 3.8) is 0 Å². The van der Waals surface area contributed by atoms with Gasteiger partial charge in [-0.25, -0.2) is 0 Å². The second-order valence-electron chi connectivity index (χ2n) is 5.69. The second-order valence-corrected chi connectivity index (χ2v) is 6.12. The lowest BCUT2D eigenvalue weighted by Crippen LogP contribution is -2.53. The summed E-state index contributed by atoms with van der Waals surface area (Å²) in [5.41, 5.74) is 7.66. The fraction of sp³-hybridized carbons (Fsp3) is 0.533. The van der Waals surface area contributed by atoms with Crippen molar-refractivity contribution in [2.75, 3.05) is 25.5 Å². The molecule has 0 radical (unpaired) electrons. The molecule has 0 aromatic heterocycles. The minimum absolute atomic E-state index is 0.0535. The minimum atomic E-state index is -0.252. The van der Waals surface area contributed by atoms with E-state index in [0.29, 0.717) is 43.1 Å². The Kier molecular flexibility index (Phi) is 4.33. The normalized spacial score (nSPS) is 23.0. The predicted octanol–water partition coefficient (Wildman–Crippen LogP) is 1.40. The van der Waals surface area contributed by atoms with E-state index in [-0.39, 0.29) is 11.9 Å². The van der Waals surface area contributed by atoms with E-state index in [0.717, 1.165) is 18.4 Å². The van der Waals surface area contributed by atoms with E-state index in [1.54, 1.807) is 12.1 Å². The van der Waals surface area contributed by atoms with Crippen LogP contribution in [-0.2, 0) is 16.1 Å². The number of benzene rings is 1. The molecular formula is C15H20ClN3O2. The molecule has 0 spiro atoms. The van der Waals surface area contributed by atoms with Crippen molar-refractivity contribution in [3.8, 4) is 0 Å². The number of halogens is 1. The topological polar surface area (TPSA) is 67.6 Å². The van der Waals surface area contributed by atoms with Gasteiger partial charge in [-0.3, -0.25) is 9.69 Å². The lowest BCUT2D eigenvalue weighted by Gasteiger charge is -2.34. The molecule has 1 aromatic rings. The number of nitrogen functional groups attached to an aromatic ring is 1. The maximum absolute atomic E-state index is 12.3. The van der Waals surface area contributed by atoms with E-state index in [4.69, 9.17) is 22.1 Å². The molecule has 1 amide bonds. The Balaban J connectivity index is 1.71. The second kappa shape index (κ2) is 6.22. The molecule has 1 atom stereocenters. The summed E-state index contributed by atoms with van der Waals surface area (Å²) in [5.74, 6) is 0.0535. The SMILES string of the molecule is Nc1ccc(Cl)cc1CN1CCOCC1C(=O)NC1CC1. The quantitative estimate of drug-likeness (QED) is 0.825. The van der Waals surface area contributed by atoms with Gasteiger partial charge in [-0.2, -0.15) is 0 Å². The Morgan fingerprint density at radius 1 is 1.48 bits per heavy atom. The first-order valence-corrected chi connectivity index (χ1v) is 7.67. The average Bonchev–Trinajstić information content (AvgIpc) is 3.27. The number of carbonyl (C=O) groups is 1. The molecule has 0 bridgehead atoms. The van der Waals surface area contributed by atoms with Crippen LogP contribution in [0.15, 0.2) is 18.2 Å². The summed E-state index contributed by atoms with van der Waals surface area (Å²) >= 11 is 6.03. The highest BCUT2D eigenvalue weighted by molar-refractivity contribution is 6.30. The van der Waals surface area contributed by atoms with Gasteiger partial charge in [0, 0.05) is 29.8 Å². The van der Waals surface area contributed by atoms with Crippen molar-refractivity contribution in [1.82, 2.24) is 10.2 Å². The average molecular weight is 310 g/mol. The van der Waals surface area contributed by atoms with Crippen molar-refractivity contribution < 1.29 is 9.53 Å². The van der Waals surface area contributed by atoms with Crippen molar-refractivity contribution in [3.05, 3.63) is 28.8 Å². The maximum Gasteiger partial charge on any atom is 0.239 e. The van der Waals surface area contributed by atoms with Crippen LogP contribution in [0.3, 0.4) is 0 Å². The van der Waals surface area contributed by atoms with Crippen LogP contribution in [0.1, 0.15) is 18.4 Å². The first-order valence-electron chi connectivity index (χ1n) is 7.29. The van der Waals surface area contributed by atoms with Crippen LogP contribution in [0.4, 0.5) is 5.69 Å². The van der Waals surface area contributed by atoms with E-state index in [9.17, 15) is 4.79 Å². The van der Waals surface area contributed by atoms with Crippen LogP contribution in [0.2, 0.25) is 5.02 Å². The number of nitrogens with two attached hydrogens (primary N) is 1. The molecule has 1 aliphatic heterocycles. The van der Waals surface area contributed by atoms with E-state index in [1.807, 2.05) is 6.07 Å². The van der Waals surface area contributed by atoms with Crippen LogP contribution in [0, 0.1) is 0 Å². The minimum Gasteiger partial charge on any atom is -0.398 e. The Morgan fingerprint density at radius 2 is 2.29 bits per heavy atom. The summed E-state index contributed by atoms with van der Waals surface area (Å²) in [6, 6.07) is 5.55. The molecule has 1 aliphatic carbocycles. The molecule has 3 rings (SSSR count). The molecule has 114 valence electrons. The van der Waals surface area contributed by atoms with Gasteiger partial charge in [0.05, 0.1) is 13.2 Å². The highest BCUT2D eigenvalue weighted by atomic mass is 35.5. The molecule has 6 heteroatoms. The predicted molar refractivity (Wildman–Crippen MR) is 82.0 cm³/mol. The Hall–Kier alpha value is -1.30. The van der Waals surface area contributed by atoms with E-state index in [1.165, 1.54) is 0 Å². The first kappa shape index (κ1) is 14.6. The number of rotatable bonds is 4. The van der Waals surface area contributed by atoms with E-state index >= 15 is 0 Å². The highest BCUT2D eigenvalue weighted by Crippen LogP contribution is 2.23. The molecule has 5 nitrogen and oxygen atoms in total. The zero-order valence-electron chi connectivity index (χ0n) is 11.8. The number of amides is 1. The van der Waals surface area contributed by atoms with Gasteiger partial charge in [-0.1, -0.05) is 11.6 Å². The third-order valence-electron chi connectivity index (χ3n) is 3.94. The lowest BCUT2D eigenvalue weighted by molar-refractivity contribution is -0.133. The van der Waals surface area contributed by atoms with Crippen molar-refractivity contribution >= 4 is 23.2 Å². The molecule has 2 aliphatic rings. The van der Waals surface area contributed by atoms with Gasteiger partial charge in [0.15, 0.2) is 0 Å². The summed E-state index contributed by atoms with van der Waals surface area (Å²) < 4.78 is 5.47. The number of anilines is 1. The summed E-state index contributed by atoms with van der Waals surface area (Å²) in [7, 11) is 0. The van der Waals surface area contributed by atoms with E-state index < -0.39 is 0 Å². The Bertz CT molecular complexity index is 534. The molecule has 1 saturated carbocycles. The number of hydrogen-bond acceptors (Lipinski definition) is 4. The van der Waals surface area contributed by atoms with Crippen molar-refractivity contribution in [2.24, 2.45) is 0 Å². The summed E-state index contributed by atoms with van der Waals surface area (Å²) in [6.07, 6.45) is 2.17. The maximum atomic E-state index is 12.3. The number of hydrogen-bond donors (Lipinski definition) is 2. The molecule has 21 heavy (non-hydrogen) atoms. The number of ether oxygens (including phenoxy) is 1. The third-order valence-corrected chi connectivity index (χ3v) is 4.18. The molecule has 1 saturated heterocycles. The van der Waals surface area contributed by atoms with Gasteiger partial charge in [-0.05, 0) is 36.6 Å². The molecule has 3 N–H and O–H groups in total. The fourth-order valence-corrected chi connectivity index (χ4v) is 2.72. The van der Waals surface area contributed by atoms with Crippen LogP contribution in [0.5, 0.6) is 0 Å². The number of nitrogens with zero attached hydrogens (tertiary/aromatic N) is 1. The largest absolute Gasteiger partial charge is 0.398 e. The first-order chi connectivity index (χ1) is 10.1. The van der Waals surface area contributed by atoms with Gasteiger partial charge in [0.25, 0.3) is 0 Å². The Labute approximate surface area is 129 Å². The van der Waals surface area contributed by atoms with Gasteiger partial charge >= 0.3 is 0 Å². The standard InChI is InChI=1S/C15H20ClN3O2/c16-11-1-4-13(17)10(7-11)8-19-5-6-21-9-14(19)15(20)18-12-2-3-12/h1,4,7,12,14H,2-3,5-6,8-9,17H2,(H,18,20). The van der Waals surface area contributed by atoms with Crippen molar-refractivity contribution in [2.45, 2.75) is 31.5 Å². The lowest BCUT2D eigenvalue weighted by atomic mass is 10.1. The zero-order chi connectivity index (χ0) is 14.8. The monoisotopic (exact) mass is 309 g/mol. The van der Waals surface area contributed by atoms with Gasteiger partial charge in [-0.15, -0.1) is 0 Å². The van der Waals surface area contributed by atoms with E-state index in [2.05, 4.69) is 10.2 Å². The molecule has 1 unspecified atom stereocenters. The highest BCUT2D eigenvalue weighted by Gasteiger charge is 2.33. The van der Waals surface area contributed by atoms with Crippen molar-refractivity contribution in [1.29, 1.82) is 0 Å². The molecular weight excluding hydrogens is 290 g/mol. The summed E-state index contributed by atoms with van der Waals surface area (Å²) in [4.78, 5) is 14.4. The number of morpholine rings is 1. The molecule has 1 aromatic carbocycles. The molecule has 2 fully saturated rings. The van der Waals surface area contributed by atoms with Crippen LogP contribution < -0.4 is 11.1 Å². The summed E-state index contributed by atoms with van der Waals surface area (Å²) in [5, 5.41) is 3.71. The van der Waals surface area contributed by atoms with Crippen LogP contribution in [0.25, 0.3) is 0 Å². The van der Waals surface area contributed by atoms with Crippen LogP contribution in [-0.4, -0.2) is 42.6 Å². The Morgan fingerprint density at radius 3 is 3.05 bits per heavy atom. The summed E-state index contributed by atoms with van der Waals surface area (Å²) in [6.45, 7) is 2.39. The number of nitrogens with one attached hydrogen (secondary N) is 1. The van der Waals surface area contributed by atoms with Gasteiger partial charge < -0.3 is 15.8 Å². The zero-order valence-corrected chi connectivity index (χ0v) is 12.6. The van der Waals surface area contributed by atoms with Gasteiger partial charge in [0.2, 0.25) is 5.91 Å². The molecule has 1 heterocycles. The third kappa shape index (κ3) is 3.67. The number of carbonyl (C=O) groups excluding carboxylic acids is 1. The smallest absolute Gasteiger partial charge is 0.239 e. The fourth-order valence-electron chi connectivity index (χ4n) is 2.52. The van der Waals surface area contributed by atoms with Gasteiger partial charge in [0.1, 0.15) is 6.04 Å². The van der Waals surface area contributed by atoms with Crippen LogP contribution >= 0.6 is 11.6 Å².